The standard InChI is InChI=1S/C14H30N2/c1-10(2)12(4)16(5)9-13-8-11(3)6-7-14(13)15/h10-14H,6-9,15H2,1-5H3. The van der Waals surface area contributed by atoms with Gasteiger partial charge in [-0.05, 0) is 51.0 Å². The smallest absolute Gasteiger partial charge is 0.00870 e. The lowest BCUT2D eigenvalue weighted by Crippen LogP contribution is -2.45. The largest absolute Gasteiger partial charge is 0.327 e. The average Bonchev–Trinajstić information content (AvgIpc) is 2.22. The topological polar surface area (TPSA) is 29.3 Å². The quantitative estimate of drug-likeness (QED) is 0.798. The van der Waals surface area contributed by atoms with Crippen molar-refractivity contribution in [3.05, 3.63) is 0 Å². The highest BCUT2D eigenvalue weighted by molar-refractivity contribution is 4.84. The van der Waals surface area contributed by atoms with Gasteiger partial charge >= 0.3 is 0 Å². The molecule has 0 bridgehead atoms. The molecule has 1 aliphatic carbocycles. The van der Waals surface area contributed by atoms with E-state index in [1.165, 1.54) is 25.8 Å². The van der Waals surface area contributed by atoms with E-state index in [4.69, 9.17) is 5.73 Å². The molecular formula is C14H30N2. The molecule has 0 amide bonds. The molecule has 1 rings (SSSR count). The van der Waals surface area contributed by atoms with Crippen LogP contribution in [-0.2, 0) is 0 Å². The number of hydrogen-bond donors (Lipinski definition) is 1. The van der Waals surface area contributed by atoms with E-state index in [1.807, 2.05) is 0 Å². The van der Waals surface area contributed by atoms with Crippen molar-refractivity contribution in [3.8, 4) is 0 Å². The van der Waals surface area contributed by atoms with Crippen molar-refractivity contribution in [1.29, 1.82) is 0 Å². The molecule has 0 aromatic heterocycles. The molecule has 1 saturated carbocycles. The van der Waals surface area contributed by atoms with Gasteiger partial charge in [-0.3, -0.25) is 0 Å². The van der Waals surface area contributed by atoms with Gasteiger partial charge in [0, 0.05) is 18.6 Å². The highest BCUT2D eigenvalue weighted by Crippen LogP contribution is 2.29. The zero-order valence-electron chi connectivity index (χ0n) is 11.7. The van der Waals surface area contributed by atoms with Gasteiger partial charge in [-0.2, -0.15) is 0 Å². The minimum atomic E-state index is 0.429. The number of nitrogens with two attached hydrogens (primary N) is 1. The van der Waals surface area contributed by atoms with E-state index in [0.29, 0.717) is 18.0 Å². The summed E-state index contributed by atoms with van der Waals surface area (Å²) in [6.07, 6.45) is 3.85. The molecule has 0 heterocycles. The van der Waals surface area contributed by atoms with Crippen LogP contribution in [0, 0.1) is 17.8 Å². The van der Waals surface area contributed by atoms with Crippen LogP contribution in [0.25, 0.3) is 0 Å². The van der Waals surface area contributed by atoms with E-state index in [1.54, 1.807) is 0 Å². The lowest BCUT2D eigenvalue weighted by atomic mass is 9.79. The van der Waals surface area contributed by atoms with Gasteiger partial charge in [0.25, 0.3) is 0 Å². The van der Waals surface area contributed by atoms with Crippen LogP contribution < -0.4 is 5.73 Å². The average molecular weight is 226 g/mol. The van der Waals surface area contributed by atoms with Gasteiger partial charge in [0.1, 0.15) is 0 Å². The highest BCUT2D eigenvalue weighted by atomic mass is 15.1. The van der Waals surface area contributed by atoms with Crippen molar-refractivity contribution in [3.63, 3.8) is 0 Å². The molecule has 0 saturated heterocycles. The van der Waals surface area contributed by atoms with Gasteiger partial charge in [0.15, 0.2) is 0 Å². The second kappa shape index (κ2) is 6.02. The number of hydrogen-bond acceptors (Lipinski definition) is 2. The van der Waals surface area contributed by atoms with Crippen LogP contribution in [0.1, 0.15) is 47.0 Å². The van der Waals surface area contributed by atoms with Crippen molar-refractivity contribution >= 4 is 0 Å². The third kappa shape index (κ3) is 3.74. The summed E-state index contributed by atoms with van der Waals surface area (Å²) in [4.78, 5) is 2.49. The van der Waals surface area contributed by atoms with Crippen LogP contribution in [0.2, 0.25) is 0 Å². The predicted octanol–water partition coefficient (Wildman–Crippen LogP) is 2.73. The van der Waals surface area contributed by atoms with E-state index in [9.17, 15) is 0 Å². The minimum absolute atomic E-state index is 0.429. The molecule has 4 unspecified atom stereocenters. The van der Waals surface area contributed by atoms with Gasteiger partial charge in [-0.15, -0.1) is 0 Å². The summed E-state index contributed by atoms with van der Waals surface area (Å²) in [6.45, 7) is 10.5. The van der Waals surface area contributed by atoms with Gasteiger partial charge in [-0.25, -0.2) is 0 Å². The zero-order valence-corrected chi connectivity index (χ0v) is 11.7. The zero-order chi connectivity index (χ0) is 12.3. The van der Waals surface area contributed by atoms with Gasteiger partial charge in [0.2, 0.25) is 0 Å². The molecule has 0 spiro atoms. The van der Waals surface area contributed by atoms with Crippen molar-refractivity contribution in [2.45, 2.75) is 59.0 Å². The molecule has 1 aliphatic rings. The van der Waals surface area contributed by atoms with Crippen LogP contribution >= 0.6 is 0 Å². The molecule has 0 aromatic rings. The van der Waals surface area contributed by atoms with Crippen LogP contribution in [0.5, 0.6) is 0 Å². The van der Waals surface area contributed by atoms with E-state index in [2.05, 4.69) is 39.6 Å². The Hall–Kier alpha value is -0.0800. The molecule has 0 aliphatic heterocycles. The summed E-state index contributed by atoms with van der Waals surface area (Å²) < 4.78 is 0. The molecule has 96 valence electrons. The fourth-order valence-electron chi connectivity index (χ4n) is 2.78. The summed E-state index contributed by atoms with van der Waals surface area (Å²) in [5.41, 5.74) is 6.24. The van der Waals surface area contributed by atoms with Crippen molar-refractivity contribution in [1.82, 2.24) is 4.90 Å². The maximum atomic E-state index is 6.24. The van der Waals surface area contributed by atoms with Crippen LogP contribution in [-0.4, -0.2) is 30.6 Å². The molecule has 16 heavy (non-hydrogen) atoms. The Labute approximate surface area is 102 Å². The summed E-state index contributed by atoms with van der Waals surface area (Å²) in [7, 11) is 2.25. The Morgan fingerprint density at radius 2 is 1.88 bits per heavy atom. The summed E-state index contributed by atoms with van der Waals surface area (Å²) in [5, 5.41) is 0. The SMILES string of the molecule is CC1CCC(N)C(CN(C)C(C)C(C)C)C1. The van der Waals surface area contributed by atoms with Gasteiger partial charge in [-0.1, -0.05) is 20.8 Å². The first-order valence-electron chi connectivity index (χ1n) is 6.87. The van der Waals surface area contributed by atoms with Crippen LogP contribution in [0.15, 0.2) is 0 Å². The molecule has 2 nitrogen and oxygen atoms in total. The molecule has 2 N–H and O–H groups in total. The summed E-state index contributed by atoms with van der Waals surface area (Å²) in [5.74, 6) is 2.30. The Kier molecular flexibility index (Phi) is 5.26. The molecular weight excluding hydrogens is 196 g/mol. The van der Waals surface area contributed by atoms with Gasteiger partial charge in [0.05, 0.1) is 0 Å². The van der Waals surface area contributed by atoms with Crippen molar-refractivity contribution in [2.24, 2.45) is 23.5 Å². The Balaban J connectivity index is 2.45. The van der Waals surface area contributed by atoms with E-state index < -0.39 is 0 Å². The van der Waals surface area contributed by atoms with Gasteiger partial charge < -0.3 is 10.6 Å². The monoisotopic (exact) mass is 226 g/mol. The highest BCUT2D eigenvalue weighted by Gasteiger charge is 2.28. The normalized spacial score (nSPS) is 33.4. The van der Waals surface area contributed by atoms with E-state index in [-0.39, 0.29) is 0 Å². The second-order valence-corrected chi connectivity index (χ2v) is 6.27. The van der Waals surface area contributed by atoms with Crippen molar-refractivity contribution in [2.75, 3.05) is 13.6 Å². The van der Waals surface area contributed by atoms with Crippen molar-refractivity contribution < 1.29 is 0 Å². The molecule has 4 atom stereocenters. The maximum absolute atomic E-state index is 6.24. The fourth-order valence-corrected chi connectivity index (χ4v) is 2.78. The molecule has 0 radical (unpaired) electrons. The third-order valence-electron chi connectivity index (χ3n) is 4.49. The Morgan fingerprint density at radius 1 is 1.25 bits per heavy atom. The maximum Gasteiger partial charge on any atom is 0.00870 e. The Bertz CT molecular complexity index is 203. The molecule has 2 heteroatoms. The lowest BCUT2D eigenvalue weighted by molar-refractivity contribution is 0.134. The Morgan fingerprint density at radius 3 is 2.44 bits per heavy atom. The first-order chi connectivity index (χ1) is 7.41. The predicted molar refractivity (Wildman–Crippen MR) is 71.4 cm³/mol. The second-order valence-electron chi connectivity index (χ2n) is 6.27. The first kappa shape index (κ1) is 14.0. The fraction of sp³-hybridized carbons (Fsp3) is 1.00. The van der Waals surface area contributed by atoms with E-state index in [0.717, 1.165) is 11.8 Å². The molecule has 0 aromatic carbocycles. The summed E-state index contributed by atoms with van der Waals surface area (Å²) >= 11 is 0. The van der Waals surface area contributed by atoms with Crippen LogP contribution in [0.4, 0.5) is 0 Å². The number of rotatable bonds is 4. The minimum Gasteiger partial charge on any atom is -0.327 e. The van der Waals surface area contributed by atoms with Crippen LogP contribution in [0.3, 0.4) is 0 Å². The number of nitrogens with zero attached hydrogens (tertiary/aromatic N) is 1. The summed E-state index contributed by atoms with van der Waals surface area (Å²) in [6, 6.07) is 1.09. The third-order valence-corrected chi connectivity index (χ3v) is 4.49. The lowest BCUT2D eigenvalue weighted by Gasteiger charge is -2.37. The molecule has 1 fully saturated rings. The first-order valence-corrected chi connectivity index (χ1v) is 6.87. The van der Waals surface area contributed by atoms with E-state index >= 15 is 0 Å².